The number of fused-ring (bicyclic) bond motifs is 2. The molecule has 0 unspecified atom stereocenters. The maximum Gasteiger partial charge on any atom is 0.310 e. The lowest BCUT2D eigenvalue weighted by molar-refractivity contribution is -0.148. The summed E-state index contributed by atoms with van der Waals surface area (Å²) in [5, 5.41) is 2.83. The summed E-state index contributed by atoms with van der Waals surface area (Å²) >= 11 is 1.48. The number of nitrogens with one attached hydrogen (secondary N) is 1. The van der Waals surface area contributed by atoms with E-state index >= 15 is 0 Å². The molecule has 2 heterocycles. The third-order valence-electron chi connectivity index (χ3n) is 4.91. The molecule has 1 N–H and O–H groups in total. The van der Waals surface area contributed by atoms with Gasteiger partial charge in [0.1, 0.15) is 4.83 Å². The molecular formula is C22H20N2O3S. The van der Waals surface area contributed by atoms with Gasteiger partial charge < -0.3 is 9.72 Å². The van der Waals surface area contributed by atoms with Gasteiger partial charge in [-0.15, -0.1) is 11.3 Å². The molecule has 4 rings (SSSR count). The van der Waals surface area contributed by atoms with E-state index in [1.54, 1.807) is 6.92 Å². The first-order valence-corrected chi connectivity index (χ1v) is 9.91. The highest BCUT2D eigenvalue weighted by Crippen LogP contribution is 2.27. The molecule has 6 heteroatoms. The number of benzene rings is 2. The summed E-state index contributed by atoms with van der Waals surface area (Å²) in [7, 11) is 0. The summed E-state index contributed by atoms with van der Waals surface area (Å²) < 4.78 is 5.53. The first-order chi connectivity index (χ1) is 13.4. The molecule has 0 fully saturated rings. The lowest BCUT2D eigenvalue weighted by atomic mass is 10.1. The average Bonchev–Trinajstić information content (AvgIpc) is 2.95. The molecule has 0 saturated carbocycles. The van der Waals surface area contributed by atoms with Gasteiger partial charge in [-0.05, 0) is 42.7 Å². The average molecular weight is 392 g/mol. The number of rotatable bonds is 4. The van der Waals surface area contributed by atoms with Gasteiger partial charge in [0.15, 0.2) is 11.9 Å². The van der Waals surface area contributed by atoms with Crippen LogP contribution in [0.4, 0.5) is 0 Å². The van der Waals surface area contributed by atoms with E-state index in [1.165, 1.54) is 11.3 Å². The second kappa shape index (κ2) is 7.20. The normalized spacial score (nSPS) is 12.4. The van der Waals surface area contributed by atoms with Crippen LogP contribution in [0.1, 0.15) is 34.9 Å². The number of esters is 1. The number of H-pyrrole nitrogens is 1. The molecule has 4 aromatic rings. The van der Waals surface area contributed by atoms with E-state index in [4.69, 9.17) is 4.74 Å². The van der Waals surface area contributed by atoms with Crippen LogP contribution < -0.4 is 5.56 Å². The van der Waals surface area contributed by atoms with Gasteiger partial charge in [-0.1, -0.05) is 42.5 Å². The van der Waals surface area contributed by atoms with Crippen molar-refractivity contribution in [3.8, 4) is 0 Å². The van der Waals surface area contributed by atoms with Crippen molar-refractivity contribution in [2.75, 3.05) is 0 Å². The van der Waals surface area contributed by atoms with Crippen molar-refractivity contribution in [3.63, 3.8) is 0 Å². The minimum Gasteiger partial charge on any atom is -0.454 e. The Balaban J connectivity index is 1.52. The zero-order valence-electron chi connectivity index (χ0n) is 15.9. The summed E-state index contributed by atoms with van der Waals surface area (Å²) in [6.45, 7) is 5.60. The van der Waals surface area contributed by atoms with Gasteiger partial charge in [0.2, 0.25) is 0 Å². The van der Waals surface area contributed by atoms with Crippen LogP contribution in [-0.2, 0) is 16.0 Å². The van der Waals surface area contributed by atoms with Gasteiger partial charge in [-0.25, -0.2) is 4.98 Å². The van der Waals surface area contributed by atoms with E-state index in [0.29, 0.717) is 16.0 Å². The fourth-order valence-electron chi connectivity index (χ4n) is 3.27. The molecule has 0 aliphatic rings. The van der Waals surface area contributed by atoms with Gasteiger partial charge in [-0.2, -0.15) is 0 Å². The molecule has 142 valence electrons. The molecule has 2 aromatic heterocycles. The number of hydrogen-bond donors (Lipinski definition) is 1. The van der Waals surface area contributed by atoms with Crippen LogP contribution in [0, 0.1) is 13.8 Å². The maximum absolute atomic E-state index is 12.4. The highest BCUT2D eigenvalue weighted by atomic mass is 32.1. The molecule has 0 bridgehead atoms. The monoisotopic (exact) mass is 392 g/mol. The van der Waals surface area contributed by atoms with Gasteiger partial charge in [-0.3, -0.25) is 9.59 Å². The largest absolute Gasteiger partial charge is 0.454 e. The van der Waals surface area contributed by atoms with Crippen LogP contribution >= 0.6 is 11.3 Å². The highest BCUT2D eigenvalue weighted by Gasteiger charge is 2.18. The number of hydrogen-bond acceptors (Lipinski definition) is 5. The van der Waals surface area contributed by atoms with Crippen LogP contribution in [0.25, 0.3) is 21.0 Å². The van der Waals surface area contributed by atoms with E-state index in [9.17, 15) is 9.59 Å². The first-order valence-electron chi connectivity index (χ1n) is 9.09. The first kappa shape index (κ1) is 18.4. The van der Waals surface area contributed by atoms with Gasteiger partial charge in [0, 0.05) is 4.88 Å². The van der Waals surface area contributed by atoms with E-state index in [0.717, 1.165) is 26.8 Å². The Labute approximate surface area is 166 Å². The quantitative estimate of drug-likeness (QED) is 0.515. The molecule has 5 nitrogen and oxygen atoms in total. The second-order valence-corrected chi connectivity index (χ2v) is 8.11. The molecule has 0 radical (unpaired) electrons. The number of carbonyl (C=O) groups is 1. The summed E-state index contributed by atoms with van der Waals surface area (Å²) in [4.78, 5) is 33.8. The Morgan fingerprint density at radius 2 is 1.93 bits per heavy atom. The van der Waals surface area contributed by atoms with Crippen molar-refractivity contribution < 1.29 is 9.53 Å². The summed E-state index contributed by atoms with van der Waals surface area (Å²) in [5.74, 6) is 0.00896. The maximum atomic E-state index is 12.4. The van der Waals surface area contributed by atoms with Crippen LogP contribution in [0.15, 0.2) is 47.3 Å². The van der Waals surface area contributed by atoms with Crippen molar-refractivity contribution in [1.82, 2.24) is 9.97 Å². The Morgan fingerprint density at radius 3 is 2.71 bits per heavy atom. The van der Waals surface area contributed by atoms with Crippen molar-refractivity contribution in [1.29, 1.82) is 0 Å². The molecule has 0 spiro atoms. The molecule has 0 saturated heterocycles. The Morgan fingerprint density at radius 1 is 1.18 bits per heavy atom. The summed E-state index contributed by atoms with van der Waals surface area (Å²) in [6, 6.07) is 13.9. The minimum atomic E-state index is -0.632. The predicted molar refractivity (Wildman–Crippen MR) is 112 cm³/mol. The summed E-state index contributed by atoms with van der Waals surface area (Å²) in [5.41, 5.74) is 1.64. The number of carbonyl (C=O) groups excluding carboxylic acids is 1. The topological polar surface area (TPSA) is 72.0 Å². The lowest BCUT2D eigenvalue weighted by Crippen LogP contribution is -2.18. The third kappa shape index (κ3) is 3.43. The van der Waals surface area contributed by atoms with Crippen LogP contribution in [0.3, 0.4) is 0 Å². The van der Waals surface area contributed by atoms with E-state index in [1.807, 2.05) is 56.3 Å². The standard InChI is InChI=1S/C22H20N2O3S/c1-12-14(3)28-22-19(12)21(26)23-20(24-22)13(2)27-18(25)11-15-8-9-16-6-4-5-7-17(16)10-15/h4-10,13H,11H2,1-3H3,(H,23,24,26)/t13-/m0/s1. The molecular weight excluding hydrogens is 372 g/mol. The third-order valence-corrected chi connectivity index (χ3v) is 6.01. The van der Waals surface area contributed by atoms with Gasteiger partial charge in [0.05, 0.1) is 11.8 Å². The number of ether oxygens (including phenoxy) is 1. The van der Waals surface area contributed by atoms with E-state index in [2.05, 4.69) is 9.97 Å². The molecule has 2 aromatic carbocycles. The van der Waals surface area contributed by atoms with Gasteiger partial charge in [0.25, 0.3) is 5.56 Å². The number of aryl methyl sites for hydroxylation is 2. The fourth-order valence-corrected chi connectivity index (χ4v) is 4.31. The van der Waals surface area contributed by atoms with Crippen LogP contribution in [0.2, 0.25) is 0 Å². The van der Waals surface area contributed by atoms with Crippen molar-refractivity contribution in [3.05, 3.63) is 74.6 Å². The number of nitrogens with zero attached hydrogens (tertiary/aromatic N) is 1. The van der Waals surface area contributed by atoms with Crippen molar-refractivity contribution in [2.45, 2.75) is 33.3 Å². The Bertz CT molecular complexity index is 1260. The smallest absolute Gasteiger partial charge is 0.310 e. The fraction of sp³-hybridized carbons (Fsp3) is 0.227. The molecule has 0 aliphatic carbocycles. The van der Waals surface area contributed by atoms with Crippen LogP contribution in [-0.4, -0.2) is 15.9 Å². The lowest BCUT2D eigenvalue weighted by Gasteiger charge is -2.13. The SMILES string of the molecule is Cc1sc2nc([C@H](C)OC(=O)Cc3ccc4ccccc4c3)[nH]c(=O)c2c1C. The predicted octanol–water partition coefficient (Wildman–Crippen LogP) is 4.60. The minimum absolute atomic E-state index is 0.166. The molecule has 0 aliphatic heterocycles. The zero-order valence-corrected chi connectivity index (χ0v) is 16.7. The van der Waals surface area contributed by atoms with E-state index < -0.39 is 6.10 Å². The molecule has 0 amide bonds. The molecule has 28 heavy (non-hydrogen) atoms. The van der Waals surface area contributed by atoms with Crippen molar-refractivity contribution in [2.24, 2.45) is 0 Å². The van der Waals surface area contributed by atoms with Crippen molar-refractivity contribution >= 4 is 38.3 Å². The Kier molecular flexibility index (Phi) is 4.73. The Hall–Kier alpha value is -2.99. The number of aromatic nitrogens is 2. The summed E-state index contributed by atoms with van der Waals surface area (Å²) in [6.07, 6.45) is -0.466. The zero-order chi connectivity index (χ0) is 19.8. The van der Waals surface area contributed by atoms with Gasteiger partial charge >= 0.3 is 5.97 Å². The number of aromatic amines is 1. The highest BCUT2D eigenvalue weighted by molar-refractivity contribution is 7.18. The molecule has 1 atom stereocenters. The van der Waals surface area contributed by atoms with Crippen LogP contribution in [0.5, 0.6) is 0 Å². The number of thiophene rings is 1. The second-order valence-electron chi connectivity index (χ2n) is 6.90. The van der Waals surface area contributed by atoms with E-state index in [-0.39, 0.29) is 17.9 Å².